The van der Waals surface area contributed by atoms with Gasteiger partial charge in [0.15, 0.2) is 11.2 Å². The Balaban J connectivity index is 1.57. The number of benzene rings is 1. The summed E-state index contributed by atoms with van der Waals surface area (Å²) in [5.41, 5.74) is 7.45. The smallest absolute Gasteiger partial charge is 0.280 e. The van der Waals surface area contributed by atoms with Crippen LogP contribution >= 0.6 is 0 Å². The van der Waals surface area contributed by atoms with Gasteiger partial charge in [0.2, 0.25) is 5.95 Å². The van der Waals surface area contributed by atoms with Crippen LogP contribution in [0.3, 0.4) is 0 Å². The summed E-state index contributed by atoms with van der Waals surface area (Å²) in [4.78, 5) is 38.8. The number of anilines is 2. The van der Waals surface area contributed by atoms with Crippen LogP contribution in [0.1, 0.15) is 42.7 Å². The van der Waals surface area contributed by atoms with Crippen molar-refractivity contribution in [3.63, 3.8) is 0 Å². The minimum atomic E-state index is -0.425. The van der Waals surface area contributed by atoms with Gasteiger partial charge in [-0.3, -0.25) is 14.6 Å². The van der Waals surface area contributed by atoms with Crippen molar-refractivity contribution >= 4 is 28.7 Å². The van der Waals surface area contributed by atoms with Gasteiger partial charge in [0.1, 0.15) is 0 Å². The molecule has 0 spiro atoms. The summed E-state index contributed by atoms with van der Waals surface area (Å²) >= 11 is 0. The maximum Gasteiger partial charge on any atom is 0.280 e. The topological polar surface area (TPSA) is 139 Å². The Morgan fingerprint density at radius 2 is 1.97 bits per heavy atom. The predicted molar refractivity (Wildman–Crippen MR) is 113 cm³/mol. The van der Waals surface area contributed by atoms with E-state index in [-0.39, 0.29) is 23.0 Å². The Labute approximate surface area is 168 Å². The molecule has 0 aliphatic rings. The number of carbonyl (C=O) groups is 1. The molecule has 152 valence electrons. The second-order valence-corrected chi connectivity index (χ2v) is 7.21. The summed E-state index contributed by atoms with van der Waals surface area (Å²) in [6.07, 6.45) is 3.61. The van der Waals surface area contributed by atoms with Crippen molar-refractivity contribution < 1.29 is 4.79 Å². The lowest BCUT2D eigenvalue weighted by Crippen LogP contribution is -2.24. The zero-order chi connectivity index (χ0) is 20.8. The van der Waals surface area contributed by atoms with E-state index in [1.165, 1.54) is 0 Å². The van der Waals surface area contributed by atoms with Crippen LogP contribution in [0.15, 0.2) is 35.3 Å². The Hall–Kier alpha value is -3.49. The third-order valence-corrected chi connectivity index (χ3v) is 4.35. The molecule has 0 bridgehead atoms. The fourth-order valence-corrected chi connectivity index (χ4v) is 2.80. The molecular formula is C20H25N7O2. The second kappa shape index (κ2) is 9.13. The van der Waals surface area contributed by atoms with E-state index in [2.05, 4.69) is 44.4 Å². The van der Waals surface area contributed by atoms with Gasteiger partial charge in [0.25, 0.3) is 11.5 Å². The van der Waals surface area contributed by atoms with Crippen molar-refractivity contribution in [3.05, 3.63) is 52.1 Å². The van der Waals surface area contributed by atoms with Crippen molar-refractivity contribution in [2.75, 3.05) is 17.6 Å². The van der Waals surface area contributed by atoms with Crippen LogP contribution in [-0.2, 0) is 6.54 Å². The summed E-state index contributed by atoms with van der Waals surface area (Å²) < 4.78 is 0. The van der Waals surface area contributed by atoms with Crippen LogP contribution in [0.25, 0.3) is 11.2 Å². The molecule has 1 aromatic carbocycles. The first-order valence-electron chi connectivity index (χ1n) is 9.56. The highest BCUT2D eigenvalue weighted by Gasteiger charge is 2.08. The highest BCUT2D eigenvalue weighted by Crippen LogP contribution is 2.12. The average molecular weight is 395 g/mol. The number of hydrogen-bond acceptors (Lipinski definition) is 7. The fourth-order valence-electron chi connectivity index (χ4n) is 2.80. The first kappa shape index (κ1) is 20.2. The summed E-state index contributed by atoms with van der Waals surface area (Å²) in [7, 11) is 0. The molecule has 1 amide bonds. The number of aromatic amines is 1. The van der Waals surface area contributed by atoms with E-state index in [9.17, 15) is 9.59 Å². The lowest BCUT2D eigenvalue weighted by atomic mass is 10.1. The van der Waals surface area contributed by atoms with E-state index < -0.39 is 5.56 Å². The number of amides is 1. The predicted octanol–water partition coefficient (Wildman–Crippen LogP) is 2.07. The number of H-pyrrole nitrogens is 1. The third kappa shape index (κ3) is 5.50. The molecule has 29 heavy (non-hydrogen) atoms. The molecule has 0 unspecified atom stereocenters. The number of fused-ring (bicyclic) bond motifs is 1. The number of nitrogens with one attached hydrogen (secondary N) is 3. The van der Waals surface area contributed by atoms with Crippen LogP contribution in [-0.4, -0.2) is 32.4 Å². The molecule has 0 aliphatic heterocycles. The molecule has 5 N–H and O–H groups in total. The van der Waals surface area contributed by atoms with Gasteiger partial charge in [-0.25, -0.2) is 9.97 Å². The maximum absolute atomic E-state index is 12.2. The average Bonchev–Trinajstić information content (AvgIpc) is 2.70. The van der Waals surface area contributed by atoms with Crippen LogP contribution in [0.2, 0.25) is 0 Å². The molecule has 0 saturated heterocycles. The maximum atomic E-state index is 12.2. The van der Waals surface area contributed by atoms with Crippen LogP contribution in [0.5, 0.6) is 0 Å². The van der Waals surface area contributed by atoms with Crippen LogP contribution in [0, 0.1) is 5.92 Å². The molecule has 0 fully saturated rings. The number of carbonyl (C=O) groups excluding carboxylic acids is 1. The lowest BCUT2D eigenvalue weighted by molar-refractivity contribution is 0.0952. The Kier molecular flexibility index (Phi) is 6.38. The third-order valence-electron chi connectivity index (χ3n) is 4.35. The number of nitrogens with zero attached hydrogens (tertiary/aromatic N) is 3. The summed E-state index contributed by atoms with van der Waals surface area (Å²) in [6.45, 7) is 5.38. The number of rotatable bonds is 8. The van der Waals surface area contributed by atoms with Gasteiger partial charge in [0, 0.05) is 17.8 Å². The first-order chi connectivity index (χ1) is 13.9. The summed E-state index contributed by atoms with van der Waals surface area (Å²) in [6, 6.07) is 7.19. The molecule has 2 heterocycles. The molecular weight excluding hydrogens is 370 g/mol. The van der Waals surface area contributed by atoms with Crippen molar-refractivity contribution in [3.8, 4) is 0 Å². The van der Waals surface area contributed by atoms with Crippen molar-refractivity contribution in [2.45, 2.75) is 33.2 Å². The zero-order valence-electron chi connectivity index (χ0n) is 16.5. The number of nitrogens with two attached hydrogens (primary N) is 1. The van der Waals surface area contributed by atoms with E-state index in [1.54, 1.807) is 18.3 Å². The van der Waals surface area contributed by atoms with E-state index in [4.69, 9.17) is 5.73 Å². The molecule has 2 aromatic heterocycles. The fraction of sp³-hybridized carbons (Fsp3) is 0.350. The van der Waals surface area contributed by atoms with Crippen LogP contribution in [0.4, 0.5) is 11.6 Å². The van der Waals surface area contributed by atoms with Gasteiger partial charge in [0.05, 0.1) is 18.4 Å². The highest BCUT2D eigenvalue weighted by atomic mass is 16.1. The van der Waals surface area contributed by atoms with Crippen molar-refractivity contribution in [2.24, 2.45) is 5.92 Å². The minimum Gasteiger partial charge on any atom is -0.379 e. The molecule has 0 atom stereocenters. The quantitative estimate of drug-likeness (QED) is 0.428. The van der Waals surface area contributed by atoms with Crippen molar-refractivity contribution in [1.82, 2.24) is 25.3 Å². The monoisotopic (exact) mass is 395 g/mol. The first-order valence-corrected chi connectivity index (χ1v) is 9.56. The van der Waals surface area contributed by atoms with Gasteiger partial charge in [-0.05, 0) is 43.0 Å². The minimum absolute atomic E-state index is 0.00623. The molecule has 9 heteroatoms. The molecule has 9 nitrogen and oxygen atoms in total. The van der Waals surface area contributed by atoms with E-state index >= 15 is 0 Å². The number of nitrogen functional groups attached to an aromatic ring is 1. The van der Waals surface area contributed by atoms with Gasteiger partial charge in [-0.2, -0.15) is 4.98 Å². The summed E-state index contributed by atoms with van der Waals surface area (Å²) in [5, 5.41) is 6.13. The molecule has 3 rings (SSSR count). The van der Waals surface area contributed by atoms with E-state index in [0.717, 1.165) is 18.5 Å². The van der Waals surface area contributed by atoms with E-state index in [1.807, 2.05) is 12.1 Å². The standard InChI is InChI=1S/C20H25N7O2/c1-12(2)4-3-9-22-18(28)13-5-7-14(8-6-13)23-10-15-11-24-17-16(25-15)19(29)27-20(21)26-17/h5-8,11-12,23H,3-4,9-10H2,1-2H3,(H,22,28)(H3,21,24,26,27,29). The van der Waals surface area contributed by atoms with Crippen molar-refractivity contribution in [1.29, 1.82) is 0 Å². The molecule has 0 radical (unpaired) electrons. The molecule has 0 saturated carbocycles. The van der Waals surface area contributed by atoms with E-state index in [0.29, 0.717) is 30.3 Å². The van der Waals surface area contributed by atoms with Gasteiger partial charge < -0.3 is 16.4 Å². The van der Waals surface area contributed by atoms with Gasteiger partial charge in [-0.1, -0.05) is 13.8 Å². The Morgan fingerprint density at radius 3 is 2.69 bits per heavy atom. The number of hydrogen-bond donors (Lipinski definition) is 4. The SMILES string of the molecule is CC(C)CCCNC(=O)c1ccc(NCc2cnc3nc(N)[nH]c(=O)c3n2)cc1. The zero-order valence-corrected chi connectivity index (χ0v) is 16.5. The number of aromatic nitrogens is 4. The highest BCUT2D eigenvalue weighted by molar-refractivity contribution is 5.94. The van der Waals surface area contributed by atoms with Gasteiger partial charge >= 0.3 is 0 Å². The normalized spacial score (nSPS) is 11.0. The molecule has 0 aliphatic carbocycles. The van der Waals surface area contributed by atoms with Gasteiger partial charge in [-0.15, -0.1) is 0 Å². The van der Waals surface area contributed by atoms with Crippen LogP contribution < -0.4 is 21.9 Å². The summed E-state index contributed by atoms with van der Waals surface area (Å²) in [5.74, 6) is 0.565. The Morgan fingerprint density at radius 1 is 1.21 bits per heavy atom. The second-order valence-electron chi connectivity index (χ2n) is 7.21. The largest absolute Gasteiger partial charge is 0.379 e. The Bertz CT molecular complexity index is 1040. The molecule has 3 aromatic rings. The lowest BCUT2D eigenvalue weighted by Gasteiger charge is -2.09.